The number of hydrogen-bond acceptors (Lipinski definition) is 5. The van der Waals surface area contributed by atoms with Crippen molar-refractivity contribution < 1.29 is 14.4 Å². The quantitative estimate of drug-likeness (QED) is 0.546. The Morgan fingerprint density at radius 2 is 1.90 bits per heavy atom. The van der Waals surface area contributed by atoms with E-state index in [4.69, 9.17) is 0 Å². The Bertz CT molecular complexity index is 1040. The molecule has 1 aliphatic carbocycles. The molecule has 0 bridgehead atoms. The molecule has 0 radical (unpaired) electrons. The van der Waals surface area contributed by atoms with Gasteiger partial charge >= 0.3 is 0 Å². The maximum Gasteiger partial charge on any atom is 0.261 e. The van der Waals surface area contributed by atoms with Crippen molar-refractivity contribution in [2.45, 2.75) is 31.8 Å². The number of carbonyl (C=O) groups is 3. The number of pyridine rings is 1. The Hall–Kier alpha value is -2.58. The van der Waals surface area contributed by atoms with E-state index in [-0.39, 0.29) is 35.2 Å². The molecule has 5 rings (SSSR count). The van der Waals surface area contributed by atoms with Crippen LogP contribution < -0.4 is 10.6 Å². The first kappa shape index (κ1) is 18.4. The van der Waals surface area contributed by atoms with Gasteiger partial charge in [0.05, 0.1) is 17.2 Å². The van der Waals surface area contributed by atoms with Crippen molar-refractivity contribution >= 4 is 39.5 Å². The normalized spacial score (nSPS) is 27.0. The van der Waals surface area contributed by atoms with Crippen LogP contribution in [0.2, 0.25) is 0 Å². The van der Waals surface area contributed by atoms with E-state index in [0.717, 1.165) is 12.0 Å². The summed E-state index contributed by atoms with van der Waals surface area (Å²) in [5, 5.41) is 6.23. The minimum absolute atomic E-state index is 0.138. The average molecular weight is 455 g/mol. The van der Waals surface area contributed by atoms with Gasteiger partial charge in [0.1, 0.15) is 10.4 Å². The first-order valence-electron chi connectivity index (χ1n) is 9.53. The number of imide groups is 1. The third-order valence-corrected chi connectivity index (χ3v) is 6.62. The molecule has 8 heteroatoms. The zero-order valence-electron chi connectivity index (χ0n) is 15.7. The molecule has 0 spiro atoms. The van der Waals surface area contributed by atoms with Gasteiger partial charge in [0.2, 0.25) is 5.91 Å². The Morgan fingerprint density at radius 1 is 1.21 bits per heavy atom. The molecule has 2 aliphatic heterocycles. The summed E-state index contributed by atoms with van der Waals surface area (Å²) < 4.78 is 0.655. The molecule has 3 amide bonds. The molecule has 3 atom stereocenters. The Morgan fingerprint density at radius 3 is 2.59 bits per heavy atom. The predicted octanol–water partition coefficient (Wildman–Crippen LogP) is 2.51. The standard InChI is InChI=1S/C21H19BrN4O3/c1-11-6-7-16(22)24-17(11)25-18(27)14-8-21(9-15(21)23-14)10-26-19(28)12-4-2-3-5-13(12)20(26)29/h2-7,14-15,23H,8-10H2,1H3,(H,24,25,27). The number of aromatic nitrogens is 1. The number of fused-ring (bicyclic) bond motifs is 2. The molecule has 148 valence electrons. The van der Waals surface area contributed by atoms with Crippen LogP contribution >= 0.6 is 15.9 Å². The van der Waals surface area contributed by atoms with E-state index >= 15 is 0 Å². The topological polar surface area (TPSA) is 91.4 Å². The van der Waals surface area contributed by atoms with Gasteiger partial charge in [-0.15, -0.1) is 0 Å². The summed E-state index contributed by atoms with van der Waals surface area (Å²) in [5.41, 5.74) is 1.57. The van der Waals surface area contributed by atoms with Crippen molar-refractivity contribution in [3.05, 3.63) is 57.7 Å². The summed E-state index contributed by atoms with van der Waals surface area (Å²) in [6.07, 6.45) is 1.45. The molecule has 2 fully saturated rings. The highest BCUT2D eigenvalue weighted by molar-refractivity contribution is 9.10. The summed E-state index contributed by atoms with van der Waals surface area (Å²) >= 11 is 3.32. The molecule has 29 heavy (non-hydrogen) atoms. The summed E-state index contributed by atoms with van der Waals surface area (Å²) in [7, 11) is 0. The molecule has 2 aromatic rings. The van der Waals surface area contributed by atoms with Crippen molar-refractivity contribution in [3.63, 3.8) is 0 Å². The van der Waals surface area contributed by atoms with Gasteiger partial charge in [0, 0.05) is 18.0 Å². The summed E-state index contributed by atoms with van der Waals surface area (Å²) in [4.78, 5) is 43.8. The third kappa shape index (κ3) is 2.98. The van der Waals surface area contributed by atoms with Crippen LogP contribution in [0.3, 0.4) is 0 Å². The van der Waals surface area contributed by atoms with E-state index in [1.807, 2.05) is 19.1 Å². The highest BCUT2D eigenvalue weighted by Crippen LogP contribution is 2.55. The highest BCUT2D eigenvalue weighted by Gasteiger charge is 2.63. The number of piperidine rings is 1. The lowest BCUT2D eigenvalue weighted by atomic mass is 9.98. The largest absolute Gasteiger partial charge is 0.309 e. The maximum absolute atomic E-state index is 12.8. The van der Waals surface area contributed by atoms with Crippen LogP contribution in [-0.4, -0.2) is 46.2 Å². The fourth-order valence-corrected chi connectivity index (χ4v) is 4.77. The van der Waals surface area contributed by atoms with Crippen molar-refractivity contribution in [2.24, 2.45) is 5.41 Å². The minimum atomic E-state index is -0.371. The second kappa shape index (κ2) is 6.47. The third-order valence-electron chi connectivity index (χ3n) is 6.18. The number of anilines is 1. The van der Waals surface area contributed by atoms with Gasteiger partial charge < -0.3 is 10.6 Å². The maximum atomic E-state index is 12.8. The fraction of sp³-hybridized carbons (Fsp3) is 0.333. The predicted molar refractivity (Wildman–Crippen MR) is 109 cm³/mol. The average Bonchev–Trinajstić information content (AvgIpc) is 3.17. The summed E-state index contributed by atoms with van der Waals surface area (Å²) in [6, 6.07) is 10.4. The van der Waals surface area contributed by atoms with Gasteiger partial charge in [-0.1, -0.05) is 18.2 Å². The summed E-state index contributed by atoms with van der Waals surface area (Å²) in [5.74, 6) is -0.103. The second-order valence-electron chi connectivity index (χ2n) is 8.07. The molecule has 3 unspecified atom stereocenters. The highest BCUT2D eigenvalue weighted by atomic mass is 79.9. The van der Waals surface area contributed by atoms with Gasteiger partial charge in [-0.05, 0) is 59.5 Å². The molecule has 2 N–H and O–H groups in total. The lowest BCUT2D eigenvalue weighted by Crippen LogP contribution is -2.39. The van der Waals surface area contributed by atoms with E-state index in [2.05, 4.69) is 31.5 Å². The lowest BCUT2D eigenvalue weighted by Gasteiger charge is -2.21. The fourth-order valence-electron chi connectivity index (χ4n) is 4.46. The molecule has 1 saturated carbocycles. The van der Waals surface area contributed by atoms with E-state index in [1.165, 1.54) is 4.90 Å². The Labute approximate surface area is 176 Å². The summed E-state index contributed by atoms with van der Waals surface area (Å²) in [6.45, 7) is 2.23. The number of carbonyl (C=O) groups excluding carboxylic acids is 3. The van der Waals surface area contributed by atoms with E-state index in [0.29, 0.717) is 34.5 Å². The van der Waals surface area contributed by atoms with E-state index in [9.17, 15) is 14.4 Å². The monoisotopic (exact) mass is 454 g/mol. The van der Waals surface area contributed by atoms with Crippen LogP contribution in [0.4, 0.5) is 5.82 Å². The van der Waals surface area contributed by atoms with Gasteiger partial charge in [-0.3, -0.25) is 19.3 Å². The molecule has 3 heterocycles. The van der Waals surface area contributed by atoms with Gasteiger partial charge in [0.25, 0.3) is 11.8 Å². The van der Waals surface area contributed by atoms with Crippen LogP contribution in [0, 0.1) is 12.3 Å². The van der Waals surface area contributed by atoms with Crippen molar-refractivity contribution in [1.82, 2.24) is 15.2 Å². The molecular formula is C21H19BrN4O3. The number of hydrogen-bond donors (Lipinski definition) is 2. The number of amides is 3. The first-order valence-corrected chi connectivity index (χ1v) is 10.3. The van der Waals surface area contributed by atoms with Gasteiger partial charge in [0.15, 0.2) is 0 Å². The molecule has 1 aromatic heterocycles. The molecular weight excluding hydrogens is 436 g/mol. The van der Waals surface area contributed by atoms with Crippen molar-refractivity contribution in [1.29, 1.82) is 0 Å². The zero-order chi connectivity index (χ0) is 20.3. The molecule has 7 nitrogen and oxygen atoms in total. The van der Waals surface area contributed by atoms with E-state index in [1.54, 1.807) is 24.3 Å². The second-order valence-corrected chi connectivity index (χ2v) is 8.89. The number of rotatable bonds is 4. The van der Waals surface area contributed by atoms with Crippen LogP contribution in [0.15, 0.2) is 41.0 Å². The van der Waals surface area contributed by atoms with E-state index < -0.39 is 0 Å². The van der Waals surface area contributed by atoms with Crippen LogP contribution in [0.1, 0.15) is 39.1 Å². The Kier molecular flexibility index (Phi) is 4.11. The smallest absolute Gasteiger partial charge is 0.261 e. The minimum Gasteiger partial charge on any atom is -0.309 e. The van der Waals surface area contributed by atoms with Crippen LogP contribution in [-0.2, 0) is 4.79 Å². The number of nitrogens with zero attached hydrogens (tertiary/aromatic N) is 2. The molecule has 3 aliphatic rings. The van der Waals surface area contributed by atoms with Crippen molar-refractivity contribution in [3.8, 4) is 0 Å². The van der Waals surface area contributed by atoms with Gasteiger partial charge in [-0.25, -0.2) is 4.98 Å². The number of halogens is 1. The van der Waals surface area contributed by atoms with Crippen LogP contribution in [0.5, 0.6) is 0 Å². The Balaban J connectivity index is 1.28. The lowest BCUT2D eigenvalue weighted by molar-refractivity contribution is -0.118. The first-order chi connectivity index (χ1) is 13.9. The molecule has 1 aromatic carbocycles. The number of nitrogens with one attached hydrogen (secondary N) is 2. The number of aryl methyl sites for hydroxylation is 1. The SMILES string of the molecule is Cc1ccc(Br)nc1NC(=O)C1CC2(CN3C(=O)c4ccccc4C3=O)CC2N1. The molecule has 1 saturated heterocycles. The van der Waals surface area contributed by atoms with Crippen molar-refractivity contribution in [2.75, 3.05) is 11.9 Å². The zero-order valence-corrected chi connectivity index (χ0v) is 17.3. The van der Waals surface area contributed by atoms with Gasteiger partial charge in [-0.2, -0.15) is 0 Å². The van der Waals surface area contributed by atoms with Crippen LogP contribution in [0.25, 0.3) is 0 Å². The number of benzene rings is 1.